The maximum absolute atomic E-state index is 9.90. The van der Waals surface area contributed by atoms with E-state index in [9.17, 15) is 5.26 Å². The Kier molecular flexibility index (Phi) is 7.13. The van der Waals surface area contributed by atoms with Gasteiger partial charge in [0.2, 0.25) is 5.95 Å². The molecule has 2 aliphatic heterocycles. The number of aromatic nitrogens is 2. The van der Waals surface area contributed by atoms with Crippen molar-refractivity contribution < 1.29 is 0 Å². The molecule has 4 rings (SSSR count). The van der Waals surface area contributed by atoms with Crippen LogP contribution in [0.25, 0.3) is 11.3 Å². The molecular weight excluding hydrogens is 428 g/mol. The van der Waals surface area contributed by atoms with Gasteiger partial charge in [-0.3, -0.25) is 0 Å². The maximum atomic E-state index is 9.90. The summed E-state index contributed by atoms with van der Waals surface area (Å²) < 4.78 is 0. The zero-order valence-corrected chi connectivity index (χ0v) is 19.1. The number of nitrogens with zero attached hydrogens (tertiary/aromatic N) is 4. The summed E-state index contributed by atoms with van der Waals surface area (Å²) in [5, 5.41) is 20.0. The SMILES string of the molecule is Cc1cnc(NCCCN2CCCC2)nc1/C(C#N)=C1/NC(c2ccc(Cl)cc2)=CS1. The first-order valence-electron chi connectivity index (χ1n) is 10.5. The lowest BCUT2D eigenvalue weighted by Crippen LogP contribution is -2.22. The third-order valence-electron chi connectivity index (χ3n) is 5.38. The third kappa shape index (κ3) is 5.40. The van der Waals surface area contributed by atoms with Crippen LogP contribution in [0, 0.1) is 18.3 Å². The zero-order valence-electron chi connectivity index (χ0n) is 17.5. The highest BCUT2D eigenvalue weighted by Gasteiger charge is 2.20. The van der Waals surface area contributed by atoms with Gasteiger partial charge in [-0.2, -0.15) is 5.26 Å². The third-order valence-corrected chi connectivity index (χ3v) is 6.53. The van der Waals surface area contributed by atoms with Crippen molar-refractivity contribution in [1.29, 1.82) is 5.26 Å². The summed E-state index contributed by atoms with van der Waals surface area (Å²) in [4.78, 5) is 11.6. The van der Waals surface area contributed by atoms with Crippen LogP contribution in [-0.2, 0) is 0 Å². The van der Waals surface area contributed by atoms with Crippen LogP contribution >= 0.6 is 23.4 Å². The van der Waals surface area contributed by atoms with Gasteiger partial charge in [-0.25, -0.2) is 9.97 Å². The number of halogens is 1. The van der Waals surface area contributed by atoms with Crippen molar-refractivity contribution in [2.45, 2.75) is 26.2 Å². The van der Waals surface area contributed by atoms with Crippen molar-refractivity contribution >= 4 is 40.6 Å². The monoisotopic (exact) mass is 452 g/mol. The average molecular weight is 453 g/mol. The lowest BCUT2D eigenvalue weighted by Gasteiger charge is -2.14. The Morgan fingerprint density at radius 3 is 2.81 bits per heavy atom. The van der Waals surface area contributed by atoms with Gasteiger partial charge in [0.15, 0.2) is 0 Å². The second kappa shape index (κ2) is 10.2. The Morgan fingerprint density at radius 2 is 2.06 bits per heavy atom. The number of nitrogens with one attached hydrogen (secondary N) is 2. The zero-order chi connectivity index (χ0) is 21.6. The number of hydrogen-bond acceptors (Lipinski definition) is 7. The summed E-state index contributed by atoms with van der Waals surface area (Å²) in [7, 11) is 0. The Morgan fingerprint density at radius 1 is 1.29 bits per heavy atom. The van der Waals surface area contributed by atoms with Gasteiger partial charge in [0, 0.05) is 23.2 Å². The Balaban J connectivity index is 1.45. The number of hydrogen-bond donors (Lipinski definition) is 2. The standard InChI is InChI=1S/C23H25ClN6S/c1-16-14-27-23(26-9-4-12-30-10-2-3-11-30)29-21(16)19(13-25)22-28-20(15-31-22)17-5-7-18(24)8-6-17/h5-8,14-15,28H,2-4,9-12H2,1H3,(H,26,27,29)/b22-19-. The largest absolute Gasteiger partial charge is 0.354 e. The molecule has 1 aromatic carbocycles. The summed E-state index contributed by atoms with van der Waals surface area (Å²) in [5.41, 5.74) is 4.00. The van der Waals surface area contributed by atoms with Gasteiger partial charge >= 0.3 is 0 Å². The molecule has 31 heavy (non-hydrogen) atoms. The topological polar surface area (TPSA) is 76.9 Å². The van der Waals surface area contributed by atoms with Crippen molar-refractivity contribution in [3.63, 3.8) is 0 Å². The van der Waals surface area contributed by atoms with Gasteiger partial charge in [0.25, 0.3) is 0 Å². The van der Waals surface area contributed by atoms with E-state index in [-0.39, 0.29) is 0 Å². The van der Waals surface area contributed by atoms with Crippen LogP contribution in [0.1, 0.15) is 36.1 Å². The lowest BCUT2D eigenvalue weighted by atomic mass is 10.1. The van der Waals surface area contributed by atoms with E-state index in [1.807, 2.05) is 36.6 Å². The molecule has 2 aromatic rings. The molecule has 0 atom stereocenters. The number of anilines is 1. The van der Waals surface area contributed by atoms with Gasteiger partial charge < -0.3 is 15.5 Å². The van der Waals surface area contributed by atoms with Crippen LogP contribution in [0.3, 0.4) is 0 Å². The van der Waals surface area contributed by atoms with E-state index in [0.717, 1.165) is 41.4 Å². The van der Waals surface area contributed by atoms with E-state index in [0.29, 0.717) is 22.2 Å². The van der Waals surface area contributed by atoms with Gasteiger partial charge in [-0.1, -0.05) is 35.5 Å². The molecular formula is C23H25ClN6S. The molecule has 0 amide bonds. The van der Waals surface area contributed by atoms with E-state index in [2.05, 4.69) is 31.6 Å². The van der Waals surface area contributed by atoms with Crippen molar-refractivity contribution in [1.82, 2.24) is 20.2 Å². The van der Waals surface area contributed by atoms with Crippen LogP contribution in [0.15, 0.2) is 40.9 Å². The Hall–Kier alpha value is -2.53. The van der Waals surface area contributed by atoms with Crippen LogP contribution in [0.4, 0.5) is 5.95 Å². The molecule has 0 bridgehead atoms. The minimum absolute atomic E-state index is 0.519. The minimum Gasteiger partial charge on any atom is -0.354 e. The summed E-state index contributed by atoms with van der Waals surface area (Å²) in [6.07, 6.45) is 5.44. The fourth-order valence-corrected chi connectivity index (χ4v) is 4.68. The molecule has 3 heterocycles. The Labute approximate surface area is 192 Å². The molecule has 2 N–H and O–H groups in total. The molecule has 2 aliphatic rings. The summed E-state index contributed by atoms with van der Waals surface area (Å²) in [6.45, 7) is 6.26. The molecule has 0 unspecified atom stereocenters. The van der Waals surface area contributed by atoms with E-state index < -0.39 is 0 Å². The average Bonchev–Trinajstić information content (AvgIpc) is 3.47. The number of rotatable bonds is 7. The second-order valence-electron chi connectivity index (χ2n) is 7.65. The first-order valence-corrected chi connectivity index (χ1v) is 11.7. The molecule has 0 aliphatic carbocycles. The molecule has 8 heteroatoms. The van der Waals surface area contributed by atoms with Gasteiger partial charge in [0.1, 0.15) is 11.6 Å². The van der Waals surface area contributed by atoms with Crippen LogP contribution < -0.4 is 10.6 Å². The second-order valence-corrected chi connectivity index (χ2v) is 8.97. The summed E-state index contributed by atoms with van der Waals surface area (Å²) in [6, 6.07) is 9.95. The van der Waals surface area contributed by atoms with Crippen LogP contribution in [-0.4, -0.2) is 41.0 Å². The first kappa shape index (κ1) is 21.7. The fourth-order valence-electron chi connectivity index (χ4n) is 3.69. The highest BCUT2D eigenvalue weighted by molar-refractivity contribution is 8.06. The molecule has 0 saturated carbocycles. The van der Waals surface area contributed by atoms with Crippen molar-refractivity contribution in [3.8, 4) is 6.07 Å². The fraction of sp³-hybridized carbons (Fsp3) is 0.348. The van der Waals surface area contributed by atoms with Crippen LogP contribution in [0.5, 0.6) is 0 Å². The number of nitriles is 1. The van der Waals surface area contributed by atoms with Crippen molar-refractivity contribution in [2.24, 2.45) is 0 Å². The number of benzene rings is 1. The number of allylic oxidation sites excluding steroid dienone is 1. The number of likely N-dealkylation sites (tertiary alicyclic amines) is 1. The molecule has 1 aromatic heterocycles. The number of thioether (sulfide) groups is 1. The minimum atomic E-state index is 0.519. The van der Waals surface area contributed by atoms with Crippen molar-refractivity contribution in [2.75, 3.05) is 31.5 Å². The van der Waals surface area contributed by atoms with E-state index >= 15 is 0 Å². The van der Waals surface area contributed by atoms with Crippen molar-refractivity contribution in [3.05, 3.63) is 62.7 Å². The van der Waals surface area contributed by atoms with Gasteiger partial charge in [-0.05, 0) is 69.1 Å². The summed E-state index contributed by atoms with van der Waals surface area (Å²) in [5.74, 6) is 0.559. The number of aryl methyl sites for hydroxylation is 1. The quantitative estimate of drug-likeness (QED) is 0.458. The van der Waals surface area contributed by atoms with E-state index in [4.69, 9.17) is 11.6 Å². The first-order chi connectivity index (χ1) is 15.1. The smallest absolute Gasteiger partial charge is 0.223 e. The summed E-state index contributed by atoms with van der Waals surface area (Å²) >= 11 is 7.48. The molecule has 6 nitrogen and oxygen atoms in total. The van der Waals surface area contributed by atoms with Crippen LogP contribution in [0.2, 0.25) is 5.02 Å². The maximum Gasteiger partial charge on any atom is 0.223 e. The van der Waals surface area contributed by atoms with Gasteiger partial charge in [0.05, 0.1) is 16.4 Å². The predicted octanol–water partition coefficient (Wildman–Crippen LogP) is 4.86. The Bertz CT molecular complexity index is 1040. The lowest BCUT2D eigenvalue weighted by molar-refractivity contribution is 0.337. The molecule has 0 spiro atoms. The molecule has 160 valence electrons. The van der Waals surface area contributed by atoms with E-state index in [1.54, 1.807) is 6.20 Å². The van der Waals surface area contributed by atoms with E-state index in [1.165, 1.54) is 37.7 Å². The molecule has 0 radical (unpaired) electrons. The highest BCUT2D eigenvalue weighted by atomic mass is 35.5. The van der Waals surface area contributed by atoms with Gasteiger partial charge in [-0.15, -0.1) is 0 Å². The molecule has 1 saturated heterocycles. The normalized spacial score (nSPS) is 17.8. The molecule has 1 fully saturated rings. The predicted molar refractivity (Wildman–Crippen MR) is 128 cm³/mol. The highest BCUT2D eigenvalue weighted by Crippen LogP contribution is 2.35.